The molecule has 0 spiro atoms. The quantitative estimate of drug-likeness (QED) is 0.728. The third-order valence-corrected chi connectivity index (χ3v) is 6.18. The molecule has 0 saturated carbocycles. The Labute approximate surface area is 162 Å². The molecule has 2 aromatic rings. The Hall–Kier alpha value is -2.42. The van der Waals surface area contributed by atoms with Crippen molar-refractivity contribution in [3.05, 3.63) is 58.6 Å². The molecule has 0 aromatic heterocycles. The molecule has 0 aliphatic carbocycles. The summed E-state index contributed by atoms with van der Waals surface area (Å²) in [5, 5.41) is 12.0. The average Bonchev–Trinajstić information content (AvgIpc) is 2.62. The molecule has 27 heavy (non-hydrogen) atoms. The number of aromatic carboxylic acids is 1. The lowest BCUT2D eigenvalue weighted by molar-refractivity contribution is 0.0698. The van der Waals surface area contributed by atoms with Gasteiger partial charge in [-0.05, 0) is 36.4 Å². The number of sulfonamides is 1. The van der Waals surface area contributed by atoms with Crippen LogP contribution in [-0.2, 0) is 10.0 Å². The van der Waals surface area contributed by atoms with E-state index in [1.54, 1.807) is 13.8 Å². The highest BCUT2D eigenvalue weighted by molar-refractivity contribution is 7.89. The SMILES string of the molecule is CCN(CC)S(=O)(=O)c1cccc(C(=O)Nc2cc(Cl)ccc2C(=O)O)c1. The number of nitrogens with one attached hydrogen (secondary N) is 1. The van der Waals surface area contributed by atoms with E-state index in [-0.39, 0.29) is 26.7 Å². The molecule has 0 saturated heterocycles. The number of carboxylic acids is 1. The zero-order valence-electron chi connectivity index (χ0n) is 14.8. The summed E-state index contributed by atoms with van der Waals surface area (Å²) in [7, 11) is -3.72. The minimum atomic E-state index is -3.72. The lowest BCUT2D eigenvalue weighted by atomic mass is 10.1. The Morgan fingerprint density at radius 2 is 1.78 bits per heavy atom. The highest BCUT2D eigenvalue weighted by Gasteiger charge is 2.23. The van der Waals surface area contributed by atoms with E-state index in [9.17, 15) is 23.1 Å². The standard InChI is InChI=1S/C18H19ClN2O5S/c1-3-21(4-2)27(25,26)14-7-5-6-12(10-14)17(22)20-16-11-13(19)8-9-15(16)18(23)24/h5-11H,3-4H2,1-2H3,(H,20,22)(H,23,24). The summed E-state index contributed by atoms with van der Waals surface area (Å²) in [6, 6.07) is 9.57. The minimum Gasteiger partial charge on any atom is -0.478 e. The van der Waals surface area contributed by atoms with Crippen molar-refractivity contribution in [2.75, 3.05) is 18.4 Å². The van der Waals surface area contributed by atoms with Crippen molar-refractivity contribution in [1.82, 2.24) is 4.31 Å². The van der Waals surface area contributed by atoms with Gasteiger partial charge in [0.05, 0.1) is 16.1 Å². The Kier molecular flexibility index (Phi) is 6.59. The predicted octanol–water partition coefficient (Wildman–Crippen LogP) is 3.32. The molecule has 0 heterocycles. The van der Waals surface area contributed by atoms with Crippen molar-refractivity contribution in [3.63, 3.8) is 0 Å². The fourth-order valence-corrected chi connectivity index (χ4v) is 4.19. The van der Waals surface area contributed by atoms with Crippen LogP contribution in [-0.4, -0.2) is 42.8 Å². The Balaban J connectivity index is 2.37. The number of amides is 1. The summed E-state index contributed by atoms with van der Waals surface area (Å²) in [6.07, 6.45) is 0. The first-order valence-corrected chi connectivity index (χ1v) is 9.96. The highest BCUT2D eigenvalue weighted by atomic mass is 35.5. The van der Waals surface area contributed by atoms with Crippen LogP contribution in [0.25, 0.3) is 0 Å². The molecule has 2 rings (SSSR count). The number of hydrogen-bond acceptors (Lipinski definition) is 4. The van der Waals surface area contributed by atoms with Gasteiger partial charge < -0.3 is 10.4 Å². The van der Waals surface area contributed by atoms with Crippen molar-refractivity contribution in [2.45, 2.75) is 18.7 Å². The molecule has 0 unspecified atom stereocenters. The number of halogens is 1. The average molecular weight is 411 g/mol. The lowest BCUT2D eigenvalue weighted by Crippen LogP contribution is -2.30. The second-order valence-corrected chi connectivity index (χ2v) is 7.94. The van der Waals surface area contributed by atoms with Gasteiger partial charge in [0.1, 0.15) is 0 Å². The van der Waals surface area contributed by atoms with Gasteiger partial charge in [-0.15, -0.1) is 0 Å². The molecule has 0 aliphatic rings. The third-order valence-electron chi connectivity index (χ3n) is 3.90. The summed E-state index contributed by atoms with van der Waals surface area (Å²) in [5.74, 6) is -1.86. The van der Waals surface area contributed by atoms with Crippen LogP contribution in [0.3, 0.4) is 0 Å². The van der Waals surface area contributed by atoms with Gasteiger partial charge in [0, 0.05) is 23.7 Å². The first kappa shape index (κ1) is 20.9. The van der Waals surface area contributed by atoms with E-state index in [0.29, 0.717) is 13.1 Å². The van der Waals surface area contributed by atoms with Gasteiger partial charge >= 0.3 is 5.97 Å². The number of rotatable bonds is 7. The molecule has 0 aliphatic heterocycles. The third kappa shape index (κ3) is 4.65. The Morgan fingerprint density at radius 1 is 1.11 bits per heavy atom. The number of carbonyl (C=O) groups is 2. The van der Waals surface area contributed by atoms with Gasteiger partial charge in [0.15, 0.2) is 0 Å². The van der Waals surface area contributed by atoms with E-state index in [2.05, 4.69) is 5.32 Å². The van der Waals surface area contributed by atoms with E-state index in [1.165, 1.54) is 46.8 Å². The monoisotopic (exact) mass is 410 g/mol. The van der Waals surface area contributed by atoms with Crippen LogP contribution < -0.4 is 5.32 Å². The fraction of sp³-hybridized carbons (Fsp3) is 0.222. The van der Waals surface area contributed by atoms with Crippen LogP contribution in [0, 0.1) is 0 Å². The van der Waals surface area contributed by atoms with Crippen molar-refractivity contribution >= 4 is 39.2 Å². The van der Waals surface area contributed by atoms with Gasteiger partial charge in [-0.1, -0.05) is 31.5 Å². The first-order chi connectivity index (χ1) is 12.7. The number of nitrogens with zero attached hydrogens (tertiary/aromatic N) is 1. The van der Waals surface area contributed by atoms with Crippen molar-refractivity contribution < 1.29 is 23.1 Å². The minimum absolute atomic E-state index is 0.0107. The maximum Gasteiger partial charge on any atom is 0.337 e. The summed E-state index contributed by atoms with van der Waals surface area (Å²) in [5.41, 5.74) is -0.0174. The van der Waals surface area contributed by atoms with Gasteiger partial charge in [-0.2, -0.15) is 4.31 Å². The summed E-state index contributed by atoms with van der Waals surface area (Å²) in [4.78, 5) is 23.8. The maximum atomic E-state index is 12.6. The lowest BCUT2D eigenvalue weighted by Gasteiger charge is -2.18. The van der Waals surface area contributed by atoms with E-state index in [1.807, 2.05) is 0 Å². The zero-order valence-corrected chi connectivity index (χ0v) is 16.3. The van der Waals surface area contributed by atoms with Crippen LogP contribution >= 0.6 is 11.6 Å². The number of hydrogen-bond donors (Lipinski definition) is 2. The van der Waals surface area contributed by atoms with Crippen LogP contribution in [0.5, 0.6) is 0 Å². The van der Waals surface area contributed by atoms with E-state index < -0.39 is 21.9 Å². The number of carbonyl (C=O) groups excluding carboxylic acids is 1. The molecule has 9 heteroatoms. The molecule has 2 N–H and O–H groups in total. The topological polar surface area (TPSA) is 104 Å². The molecular weight excluding hydrogens is 392 g/mol. The molecular formula is C18H19ClN2O5S. The zero-order chi connectivity index (χ0) is 20.2. The van der Waals surface area contributed by atoms with Crippen molar-refractivity contribution in [2.24, 2.45) is 0 Å². The van der Waals surface area contributed by atoms with Crippen molar-refractivity contribution in [3.8, 4) is 0 Å². The van der Waals surface area contributed by atoms with Crippen LogP contribution in [0.4, 0.5) is 5.69 Å². The van der Waals surface area contributed by atoms with Gasteiger partial charge in [-0.3, -0.25) is 4.79 Å². The maximum absolute atomic E-state index is 12.6. The molecule has 0 fully saturated rings. The highest BCUT2D eigenvalue weighted by Crippen LogP contribution is 2.23. The Bertz CT molecular complexity index is 971. The smallest absolute Gasteiger partial charge is 0.337 e. The largest absolute Gasteiger partial charge is 0.478 e. The molecule has 0 bridgehead atoms. The summed E-state index contributed by atoms with van der Waals surface area (Å²) in [6.45, 7) is 4.06. The van der Waals surface area contributed by atoms with Gasteiger partial charge in [-0.25, -0.2) is 13.2 Å². The van der Waals surface area contributed by atoms with E-state index >= 15 is 0 Å². The molecule has 144 valence electrons. The van der Waals surface area contributed by atoms with Gasteiger partial charge in [0.25, 0.3) is 5.91 Å². The van der Waals surface area contributed by atoms with Crippen LogP contribution in [0.1, 0.15) is 34.6 Å². The number of benzene rings is 2. The molecule has 1 amide bonds. The second-order valence-electron chi connectivity index (χ2n) is 5.57. The summed E-state index contributed by atoms with van der Waals surface area (Å²) >= 11 is 5.87. The number of anilines is 1. The fourth-order valence-electron chi connectivity index (χ4n) is 2.51. The van der Waals surface area contributed by atoms with E-state index in [0.717, 1.165) is 0 Å². The summed E-state index contributed by atoms with van der Waals surface area (Å²) < 4.78 is 26.5. The predicted molar refractivity (Wildman–Crippen MR) is 103 cm³/mol. The first-order valence-electron chi connectivity index (χ1n) is 8.15. The van der Waals surface area contributed by atoms with E-state index in [4.69, 9.17) is 11.6 Å². The molecule has 0 radical (unpaired) electrons. The molecule has 7 nitrogen and oxygen atoms in total. The number of carboxylic acid groups (broad SMARTS) is 1. The normalized spacial score (nSPS) is 11.4. The van der Waals surface area contributed by atoms with Gasteiger partial charge in [0.2, 0.25) is 10.0 Å². The van der Waals surface area contributed by atoms with Crippen LogP contribution in [0.2, 0.25) is 5.02 Å². The Morgan fingerprint density at radius 3 is 2.37 bits per heavy atom. The second kappa shape index (κ2) is 8.51. The van der Waals surface area contributed by atoms with Crippen LogP contribution in [0.15, 0.2) is 47.4 Å². The molecule has 0 atom stereocenters. The van der Waals surface area contributed by atoms with Crippen molar-refractivity contribution in [1.29, 1.82) is 0 Å². The molecule has 2 aromatic carbocycles.